The van der Waals surface area contributed by atoms with Crippen LogP contribution in [0.5, 0.6) is 5.75 Å². The second-order valence-electron chi connectivity index (χ2n) is 8.62. The highest BCUT2D eigenvalue weighted by molar-refractivity contribution is 7.16. The van der Waals surface area contributed by atoms with Gasteiger partial charge in [-0.25, -0.2) is 9.79 Å². The molecule has 0 atom stereocenters. The van der Waals surface area contributed by atoms with E-state index in [2.05, 4.69) is 5.32 Å². The number of hydrogen-bond acceptors (Lipinski definition) is 7. The highest BCUT2D eigenvalue weighted by Crippen LogP contribution is 2.40. The molecule has 2 aromatic heterocycles. The smallest absolute Gasteiger partial charge is 0.341 e. The van der Waals surface area contributed by atoms with Crippen LogP contribution in [0.4, 0.5) is 10.7 Å². The van der Waals surface area contributed by atoms with Gasteiger partial charge in [-0.05, 0) is 69.4 Å². The number of amides is 1. The van der Waals surface area contributed by atoms with E-state index in [1.807, 2.05) is 55.5 Å². The first kappa shape index (κ1) is 24.8. The largest absolute Gasteiger partial charge is 0.490 e. The van der Waals surface area contributed by atoms with Gasteiger partial charge in [-0.15, -0.1) is 11.3 Å². The van der Waals surface area contributed by atoms with Crippen LogP contribution in [0.25, 0.3) is 11.0 Å². The van der Waals surface area contributed by atoms with E-state index in [1.165, 1.54) is 11.3 Å². The Balaban J connectivity index is 1.72. The van der Waals surface area contributed by atoms with E-state index in [4.69, 9.17) is 18.9 Å². The van der Waals surface area contributed by atoms with Gasteiger partial charge >= 0.3 is 5.97 Å². The lowest BCUT2D eigenvalue weighted by atomic mass is 9.95. The molecule has 1 aliphatic rings. The zero-order valence-corrected chi connectivity index (χ0v) is 21.7. The second-order valence-corrected chi connectivity index (χ2v) is 9.70. The van der Waals surface area contributed by atoms with Gasteiger partial charge in [-0.3, -0.25) is 4.79 Å². The van der Waals surface area contributed by atoms with E-state index in [9.17, 15) is 9.59 Å². The minimum absolute atomic E-state index is 0.109. The maximum atomic E-state index is 13.4. The normalized spacial score (nSPS) is 13.3. The summed E-state index contributed by atoms with van der Waals surface area (Å²) in [6.45, 7) is 4.41. The summed E-state index contributed by atoms with van der Waals surface area (Å²) >= 11 is 1.46. The van der Waals surface area contributed by atoms with E-state index in [0.717, 1.165) is 36.1 Å². The summed E-state index contributed by atoms with van der Waals surface area (Å²) < 4.78 is 17.4. The number of ether oxygens (including phenoxy) is 2. The maximum Gasteiger partial charge on any atom is 0.341 e. The van der Waals surface area contributed by atoms with E-state index in [1.54, 1.807) is 13.0 Å². The van der Waals surface area contributed by atoms with Crippen molar-refractivity contribution in [2.45, 2.75) is 39.5 Å². The third-order valence-corrected chi connectivity index (χ3v) is 7.34. The molecule has 1 N–H and O–H groups in total. The molecule has 2 heterocycles. The Labute approximate surface area is 218 Å². The van der Waals surface area contributed by atoms with E-state index >= 15 is 0 Å². The molecule has 0 saturated heterocycles. The molecule has 190 valence electrons. The van der Waals surface area contributed by atoms with Crippen molar-refractivity contribution in [3.63, 3.8) is 0 Å². The molecular weight excluding hydrogens is 488 g/mol. The molecule has 0 unspecified atom stereocenters. The zero-order chi connectivity index (χ0) is 25.8. The van der Waals surface area contributed by atoms with Crippen LogP contribution >= 0.6 is 11.3 Å². The van der Waals surface area contributed by atoms with Crippen LogP contribution in [0.15, 0.2) is 64.0 Å². The highest BCUT2D eigenvalue weighted by Gasteiger charge is 2.27. The van der Waals surface area contributed by atoms with Crippen LogP contribution in [0.3, 0.4) is 0 Å². The van der Waals surface area contributed by atoms with E-state index in [-0.39, 0.29) is 23.6 Å². The van der Waals surface area contributed by atoms with Crippen LogP contribution in [0, 0.1) is 0 Å². The molecule has 2 aromatic carbocycles. The fraction of sp³-hybridized carbons (Fsp3) is 0.276. The van der Waals surface area contributed by atoms with Gasteiger partial charge in [0.15, 0.2) is 11.3 Å². The number of para-hydroxylation sites is 2. The predicted octanol–water partition coefficient (Wildman–Crippen LogP) is 6.43. The number of fused-ring (bicyclic) bond motifs is 2. The van der Waals surface area contributed by atoms with Crippen molar-refractivity contribution >= 4 is 44.9 Å². The number of hydrogen-bond donors (Lipinski definition) is 1. The summed E-state index contributed by atoms with van der Waals surface area (Å²) in [4.78, 5) is 32.4. The van der Waals surface area contributed by atoms with Crippen LogP contribution in [0.1, 0.15) is 57.8 Å². The Bertz CT molecular complexity index is 1520. The molecule has 0 bridgehead atoms. The summed E-state index contributed by atoms with van der Waals surface area (Å²) in [5.41, 5.74) is 2.98. The number of rotatable bonds is 7. The summed E-state index contributed by atoms with van der Waals surface area (Å²) in [6, 6.07) is 16.5. The first-order chi connectivity index (χ1) is 18.1. The van der Waals surface area contributed by atoms with Crippen LogP contribution in [0.2, 0.25) is 0 Å². The third kappa shape index (κ3) is 5.15. The Hall–Kier alpha value is -3.91. The molecule has 0 saturated carbocycles. The molecule has 0 fully saturated rings. The van der Waals surface area contributed by atoms with E-state index in [0.29, 0.717) is 39.6 Å². The van der Waals surface area contributed by atoms with Gasteiger partial charge in [0.05, 0.1) is 18.8 Å². The summed E-state index contributed by atoms with van der Waals surface area (Å²) in [5.74, 6) is -0.203. The molecule has 4 aromatic rings. The first-order valence-electron chi connectivity index (χ1n) is 12.5. The Morgan fingerprint density at radius 2 is 1.84 bits per heavy atom. The van der Waals surface area contributed by atoms with E-state index < -0.39 is 5.97 Å². The van der Waals surface area contributed by atoms with Crippen molar-refractivity contribution in [3.05, 3.63) is 81.7 Å². The van der Waals surface area contributed by atoms with Crippen LogP contribution in [-0.4, -0.2) is 25.1 Å². The SMILES string of the molecule is CCOC(=O)c1c(N=c2oc3c(OCC)cccc3cc2C(=O)Nc2ccccc2)sc2c1CCCC2. The molecule has 37 heavy (non-hydrogen) atoms. The Morgan fingerprint density at radius 1 is 1.03 bits per heavy atom. The fourth-order valence-corrected chi connectivity index (χ4v) is 5.74. The first-order valence-corrected chi connectivity index (χ1v) is 13.3. The minimum atomic E-state index is -0.397. The Kier molecular flexibility index (Phi) is 7.37. The van der Waals surface area contributed by atoms with Gasteiger partial charge in [0.1, 0.15) is 10.6 Å². The molecule has 1 amide bonds. The molecule has 1 aliphatic carbocycles. The summed E-state index contributed by atoms with van der Waals surface area (Å²) in [5, 5.41) is 4.12. The molecule has 7 nitrogen and oxygen atoms in total. The third-order valence-electron chi connectivity index (χ3n) is 6.15. The van der Waals surface area contributed by atoms with Gasteiger partial charge in [0.25, 0.3) is 5.91 Å². The Morgan fingerprint density at radius 3 is 2.62 bits per heavy atom. The van der Waals surface area contributed by atoms with Crippen molar-refractivity contribution in [1.82, 2.24) is 0 Å². The van der Waals surface area contributed by atoms with Crippen molar-refractivity contribution in [3.8, 4) is 5.75 Å². The number of anilines is 1. The van der Waals surface area contributed by atoms with Crippen LogP contribution < -0.4 is 15.6 Å². The number of carbonyl (C=O) groups excluding carboxylic acids is 2. The average molecular weight is 517 g/mol. The molecule has 8 heteroatoms. The quantitative estimate of drug-likeness (QED) is 0.286. The number of thiophene rings is 1. The molecular formula is C29H28N2O5S. The second kappa shape index (κ2) is 11.0. The molecule has 5 rings (SSSR count). The van der Waals surface area contributed by atoms with Gasteiger partial charge < -0.3 is 19.2 Å². The van der Waals surface area contributed by atoms with Gasteiger partial charge in [0.2, 0.25) is 5.55 Å². The minimum Gasteiger partial charge on any atom is -0.490 e. The lowest BCUT2D eigenvalue weighted by molar-refractivity contribution is 0.0526. The topological polar surface area (TPSA) is 90.1 Å². The molecule has 0 radical (unpaired) electrons. The van der Waals surface area contributed by atoms with Crippen molar-refractivity contribution < 1.29 is 23.5 Å². The fourth-order valence-electron chi connectivity index (χ4n) is 4.50. The highest BCUT2D eigenvalue weighted by atomic mass is 32.1. The van der Waals surface area contributed by atoms with Crippen LogP contribution in [-0.2, 0) is 17.6 Å². The summed E-state index contributed by atoms with van der Waals surface area (Å²) in [6.07, 6.45) is 3.78. The van der Waals surface area contributed by atoms with Gasteiger partial charge in [0, 0.05) is 16.0 Å². The number of benzene rings is 2. The van der Waals surface area contributed by atoms with Crippen molar-refractivity contribution in [2.75, 3.05) is 18.5 Å². The van der Waals surface area contributed by atoms with Crippen molar-refractivity contribution in [2.24, 2.45) is 4.99 Å². The average Bonchev–Trinajstić information content (AvgIpc) is 3.27. The lowest BCUT2D eigenvalue weighted by Gasteiger charge is -2.12. The molecule has 0 aliphatic heterocycles. The van der Waals surface area contributed by atoms with Gasteiger partial charge in [-0.2, -0.15) is 0 Å². The number of nitrogens with one attached hydrogen (secondary N) is 1. The number of carbonyl (C=O) groups is 2. The maximum absolute atomic E-state index is 13.4. The monoisotopic (exact) mass is 516 g/mol. The van der Waals surface area contributed by atoms with Crippen molar-refractivity contribution in [1.29, 1.82) is 0 Å². The molecule has 0 spiro atoms. The summed E-state index contributed by atoms with van der Waals surface area (Å²) in [7, 11) is 0. The predicted molar refractivity (Wildman–Crippen MR) is 144 cm³/mol. The number of nitrogens with zero attached hydrogens (tertiary/aromatic N) is 1. The lowest BCUT2D eigenvalue weighted by Crippen LogP contribution is -2.21. The standard InChI is InChI=1S/C29H28N2O5S/c1-3-34-22-15-10-11-18-17-21(26(32)30-19-12-6-5-7-13-19)27(36-25(18)22)31-28-24(29(33)35-4-2)20-14-8-9-16-23(20)37-28/h5-7,10-13,15,17H,3-4,8-9,14,16H2,1-2H3,(H,30,32). The van der Waals surface area contributed by atoms with Gasteiger partial charge in [-0.1, -0.05) is 30.3 Å². The number of aryl methyl sites for hydroxylation is 1. The number of esters is 1. The zero-order valence-electron chi connectivity index (χ0n) is 20.8.